The highest BCUT2D eigenvalue weighted by Crippen LogP contribution is 2.38. The summed E-state index contributed by atoms with van der Waals surface area (Å²) in [4.78, 5) is 26.1. The SMILES string of the molecule is COc1ccc(C(=O)N2C[C@H]3CN(c4nc(C)cc(C)n4)C[C@H]3[C@@H]2C)c(F)c1. The molecule has 7 heteroatoms. The lowest BCUT2D eigenvalue weighted by Crippen LogP contribution is -2.39. The molecule has 0 saturated carbocycles. The molecule has 2 aliphatic heterocycles. The standard InChI is InChI=1S/C21H25FN4O2/c1-12-7-13(2)24-21(23-12)25-9-15-10-26(14(3)18(15)11-25)20(27)17-6-5-16(28-4)8-19(17)22/h5-8,14-15,18H,9-11H2,1-4H3/t14-,15+,18-/m0/s1. The van der Waals surface area contributed by atoms with Gasteiger partial charge in [0.25, 0.3) is 5.91 Å². The van der Waals surface area contributed by atoms with Crippen LogP contribution in [0, 0.1) is 31.5 Å². The first kappa shape index (κ1) is 18.7. The van der Waals surface area contributed by atoms with Crippen molar-refractivity contribution in [3.05, 3.63) is 47.0 Å². The summed E-state index contributed by atoms with van der Waals surface area (Å²) in [6, 6.07) is 6.39. The van der Waals surface area contributed by atoms with Gasteiger partial charge in [0.15, 0.2) is 0 Å². The molecule has 1 amide bonds. The Morgan fingerprint density at radius 3 is 2.46 bits per heavy atom. The van der Waals surface area contributed by atoms with Crippen LogP contribution in [0.4, 0.5) is 10.3 Å². The molecule has 0 unspecified atom stereocenters. The van der Waals surface area contributed by atoms with E-state index in [0.29, 0.717) is 24.1 Å². The van der Waals surface area contributed by atoms with E-state index in [1.165, 1.54) is 19.2 Å². The third-order valence-corrected chi connectivity index (χ3v) is 5.95. The zero-order valence-corrected chi connectivity index (χ0v) is 16.6. The van der Waals surface area contributed by atoms with Gasteiger partial charge >= 0.3 is 0 Å². The third-order valence-electron chi connectivity index (χ3n) is 5.95. The van der Waals surface area contributed by atoms with Crippen molar-refractivity contribution in [2.24, 2.45) is 11.8 Å². The predicted molar refractivity (Wildman–Crippen MR) is 104 cm³/mol. The average Bonchev–Trinajstić information content (AvgIpc) is 3.20. The summed E-state index contributed by atoms with van der Waals surface area (Å²) in [5.41, 5.74) is 2.01. The lowest BCUT2D eigenvalue weighted by atomic mass is 9.95. The molecule has 0 aliphatic carbocycles. The highest BCUT2D eigenvalue weighted by molar-refractivity contribution is 5.95. The van der Waals surface area contributed by atoms with E-state index in [4.69, 9.17) is 4.74 Å². The number of hydrogen-bond acceptors (Lipinski definition) is 5. The number of halogens is 1. The van der Waals surface area contributed by atoms with Crippen molar-refractivity contribution < 1.29 is 13.9 Å². The van der Waals surface area contributed by atoms with Crippen molar-refractivity contribution in [1.82, 2.24) is 14.9 Å². The predicted octanol–water partition coefficient (Wildman–Crippen LogP) is 2.84. The number of anilines is 1. The number of likely N-dealkylation sites (tertiary alicyclic amines) is 1. The number of amides is 1. The van der Waals surface area contributed by atoms with Gasteiger partial charge in [-0.3, -0.25) is 4.79 Å². The summed E-state index contributed by atoms with van der Waals surface area (Å²) >= 11 is 0. The minimum Gasteiger partial charge on any atom is -0.497 e. The molecule has 2 saturated heterocycles. The second kappa shape index (κ2) is 7.04. The van der Waals surface area contributed by atoms with Crippen molar-refractivity contribution in [3.63, 3.8) is 0 Å². The average molecular weight is 384 g/mol. The number of hydrogen-bond donors (Lipinski definition) is 0. The van der Waals surface area contributed by atoms with Crippen LogP contribution in [0.2, 0.25) is 0 Å². The van der Waals surface area contributed by atoms with Crippen molar-refractivity contribution >= 4 is 11.9 Å². The van der Waals surface area contributed by atoms with Crippen molar-refractivity contribution in [2.45, 2.75) is 26.8 Å². The lowest BCUT2D eigenvalue weighted by Gasteiger charge is -2.27. The summed E-state index contributed by atoms with van der Waals surface area (Å²) in [5.74, 6) is 1.04. The monoisotopic (exact) mass is 384 g/mol. The number of rotatable bonds is 3. The molecule has 0 radical (unpaired) electrons. The Bertz CT molecular complexity index is 899. The van der Waals surface area contributed by atoms with Crippen LogP contribution in [0.1, 0.15) is 28.7 Å². The van der Waals surface area contributed by atoms with E-state index in [1.54, 1.807) is 11.0 Å². The molecule has 4 rings (SSSR count). The number of aryl methyl sites for hydroxylation is 2. The van der Waals surface area contributed by atoms with E-state index in [1.807, 2.05) is 19.9 Å². The summed E-state index contributed by atoms with van der Waals surface area (Å²) in [6.07, 6.45) is 0. The molecule has 6 nitrogen and oxygen atoms in total. The first-order valence-corrected chi connectivity index (χ1v) is 9.59. The van der Waals surface area contributed by atoms with Crippen LogP contribution in [-0.2, 0) is 0 Å². The van der Waals surface area contributed by atoms with Gasteiger partial charge in [-0.2, -0.15) is 0 Å². The minimum absolute atomic E-state index is 0.0370. The van der Waals surface area contributed by atoms with E-state index >= 15 is 0 Å². The van der Waals surface area contributed by atoms with Gasteiger partial charge in [0, 0.05) is 55.0 Å². The van der Waals surface area contributed by atoms with Gasteiger partial charge in [-0.1, -0.05) is 0 Å². The van der Waals surface area contributed by atoms with Gasteiger partial charge in [-0.25, -0.2) is 14.4 Å². The van der Waals surface area contributed by atoms with E-state index in [2.05, 4.69) is 21.8 Å². The Morgan fingerprint density at radius 2 is 1.86 bits per heavy atom. The molecule has 2 aromatic rings. The highest BCUT2D eigenvalue weighted by Gasteiger charge is 2.47. The maximum atomic E-state index is 14.4. The van der Waals surface area contributed by atoms with Crippen LogP contribution >= 0.6 is 0 Å². The lowest BCUT2D eigenvalue weighted by molar-refractivity contribution is 0.0725. The molecular weight excluding hydrogens is 359 g/mol. The molecule has 0 N–H and O–H groups in total. The molecule has 28 heavy (non-hydrogen) atoms. The number of methoxy groups -OCH3 is 1. The van der Waals surface area contributed by atoms with E-state index < -0.39 is 5.82 Å². The Kier molecular flexibility index (Phi) is 4.69. The van der Waals surface area contributed by atoms with Crippen LogP contribution in [0.5, 0.6) is 5.75 Å². The third kappa shape index (κ3) is 3.19. The summed E-state index contributed by atoms with van der Waals surface area (Å²) < 4.78 is 19.4. The number of fused-ring (bicyclic) bond motifs is 1. The topological polar surface area (TPSA) is 58.6 Å². The van der Waals surface area contributed by atoms with Gasteiger partial charge in [-0.05, 0) is 39.0 Å². The number of carbonyl (C=O) groups excluding carboxylic acids is 1. The molecule has 148 valence electrons. The molecule has 2 aliphatic rings. The fourth-order valence-corrected chi connectivity index (χ4v) is 4.52. The molecule has 3 atom stereocenters. The quantitative estimate of drug-likeness (QED) is 0.815. The Morgan fingerprint density at radius 1 is 1.14 bits per heavy atom. The number of carbonyl (C=O) groups is 1. The van der Waals surface area contributed by atoms with Crippen molar-refractivity contribution in [2.75, 3.05) is 31.6 Å². The van der Waals surface area contributed by atoms with Crippen LogP contribution in [0.25, 0.3) is 0 Å². The summed E-state index contributed by atoms with van der Waals surface area (Å²) in [5, 5.41) is 0. The molecule has 0 bridgehead atoms. The second-order valence-corrected chi connectivity index (χ2v) is 7.82. The number of ether oxygens (including phenoxy) is 1. The molecule has 0 spiro atoms. The largest absolute Gasteiger partial charge is 0.497 e. The zero-order valence-electron chi connectivity index (χ0n) is 16.6. The van der Waals surface area contributed by atoms with Gasteiger partial charge in [0.2, 0.25) is 5.95 Å². The maximum absolute atomic E-state index is 14.4. The Balaban J connectivity index is 1.50. The molecular formula is C21H25FN4O2. The Hall–Kier alpha value is -2.70. The minimum atomic E-state index is -0.543. The number of nitrogens with zero attached hydrogens (tertiary/aromatic N) is 4. The van der Waals surface area contributed by atoms with E-state index in [0.717, 1.165) is 30.4 Å². The Labute approximate surface area is 164 Å². The molecule has 1 aromatic heterocycles. The first-order valence-electron chi connectivity index (χ1n) is 9.59. The normalized spacial score (nSPS) is 23.8. The second-order valence-electron chi connectivity index (χ2n) is 7.82. The molecule has 1 aromatic carbocycles. The van der Waals surface area contributed by atoms with Crippen LogP contribution in [0.15, 0.2) is 24.3 Å². The first-order chi connectivity index (χ1) is 13.4. The fraction of sp³-hybridized carbons (Fsp3) is 0.476. The summed E-state index contributed by atoms with van der Waals surface area (Å²) in [7, 11) is 1.48. The van der Waals surface area contributed by atoms with Crippen molar-refractivity contribution in [3.8, 4) is 5.75 Å². The highest BCUT2D eigenvalue weighted by atomic mass is 19.1. The fourth-order valence-electron chi connectivity index (χ4n) is 4.52. The number of aromatic nitrogens is 2. The van der Waals surface area contributed by atoms with Crippen LogP contribution in [-0.4, -0.2) is 53.6 Å². The van der Waals surface area contributed by atoms with E-state index in [9.17, 15) is 9.18 Å². The van der Waals surface area contributed by atoms with Gasteiger partial charge in [-0.15, -0.1) is 0 Å². The van der Waals surface area contributed by atoms with E-state index in [-0.39, 0.29) is 17.5 Å². The van der Waals surface area contributed by atoms with Gasteiger partial charge in [0.05, 0.1) is 12.7 Å². The summed E-state index contributed by atoms with van der Waals surface area (Å²) in [6.45, 7) is 8.24. The van der Waals surface area contributed by atoms with Gasteiger partial charge < -0.3 is 14.5 Å². The van der Waals surface area contributed by atoms with Crippen LogP contribution in [0.3, 0.4) is 0 Å². The molecule has 3 heterocycles. The van der Waals surface area contributed by atoms with Gasteiger partial charge in [0.1, 0.15) is 11.6 Å². The number of benzene rings is 1. The van der Waals surface area contributed by atoms with Crippen LogP contribution < -0.4 is 9.64 Å². The molecule has 2 fully saturated rings. The zero-order chi connectivity index (χ0) is 20.0. The smallest absolute Gasteiger partial charge is 0.257 e. The maximum Gasteiger partial charge on any atom is 0.257 e. The van der Waals surface area contributed by atoms with Crippen molar-refractivity contribution in [1.29, 1.82) is 0 Å².